The first kappa shape index (κ1) is 19.4. The predicted octanol–water partition coefficient (Wildman–Crippen LogP) is 5.62. The van der Waals surface area contributed by atoms with Gasteiger partial charge in [0.2, 0.25) is 5.95 Å². The van der Waals surface area contributed by atoms with E-state index >= 15 is 0 Å². The molecule has 3 aliphatic rings. The van der Waals surface area contributed by atoms with Crippen LogP contribution in [0.25, 0.3) is 6.08 Å². The van der Waals surface area contributed by atoms with Gasteiger partial charge in [0.05, 0.1) is 0 Å². The van der Waals surface area contributed by atoms with Crippen molar-refractivity contribution in [1.82, 2.24) is 9.97 Å². The van der Waals surface area contributed by atoms with Gasteiger partial charge in [-0.3, -0.25) is 0 Å². The fourth-order valence-corrected chi connectivity index (χ4v) is 5.09. The van der Waals surface area contributed by atoms with Crippen LogP contribution >= 0.6 is 0 Å². The molecule has 0 bridgehead atoms. The van der Waals surface area contributed by atoms with Crippen LogP contribution in [0, 0.1) is 5.92 Å². The van der Waals surface area contributed by atoms with Crippen molar-refractivity contribution < 1.29 is 0 Å². The van der Waals surface area contributed by atoms with Crippen molar-refractivity contribution in [3.05, 3.63) is 42.1 Å². The van der Waals surface area contributed by atoms with E-state index in [4.69, 9.17) is 4.98 Å². The van der Waals surface area contributed by atoms with E-state index in [1.807, 2.05) is 6.20 Å². The molecule has 5 nitrogen and oxygen atoms in total. The Kier molecular flexibility index (Phi) is 5.87. The van der Waals surface area contributed by atoms with Crippen molar-refractivity contribution in [2.75, 3.05) is 41.3 Å². The quantitative estimate of drug-likeness (QED) is 0.701. The normalized spacial score (nSPS) is 19.6. The summed E-state index contributed by atoms with van der Waals surface area (Å²) in [6.45, 7) is 4.40. The highest BCUT2D eigenvalue weighted by Crippen LogP contribution is 2.30. The lowest BCUT2D eigenvalue weighted by Crippen LogP contribution is -2.33. The van der Waals surface area contributed by atoms with Crippen LogP contribution in [-0.4, -0.2) is 36.1 Å². The third kappa shape index (κ3) is 4.45. The van der Waals surface area contributed by atoms with Crippen LogP contribution in [0.15, 0.2) is 36.5 Å². The first-order valence-corrected chi connectivity index (χ1v) is 11.8. The number of aromatic nitrogens is 2. The molecule has 3 heterocycles. The monoisotopic (exact) mass is 403 g/mol. The molecular formula is C25H33N5. The second-order valence-corrected chi connectivity index (χ2v) is 9.00. The average molecular weight is 404 g/mol. The molecule has 1 saturated carbocycles. The molecule has 5 heteroatoms. The lowest BCUT2D eigenvalue weighted by molar-refractivity contribution is 0.359. The highest BCUT2D eigenvalue weighted by molar-refractivity contribution is 5.69. The number of hydrogen-bond donors (Lipinski definition) is 1. The van der Waals surface area contributed by atoms with Crippen LogP contribution in [-0.2, 0) is 0 Å². The summed E-state index contributed by atoms with van der Waals surface area (Å²) in [7, 11) is 0. The summed E-state index contributed by atoms with van der Waals surface area (Å²) < 4.78 is 0. The Bertz CT molecular complexity index is 864. The van der Waals surface area contributed by atoms with Crippen LogP contribution in [0.1, 0.15) is 56.9 Å². The van der Waals surface area contributed by atoms with Crippen molar-refractivity contribution in [1.29, 1.82) is 0 Å². The zero-order valence-corrected chi connectivity index (χ0v) is 17.9. The molecule has 0 radical (unpaired) electrons. The molecular weight excluding hydrogens is 370 g/mol. The number of anilines is 4. The molecule has 30 heavy (non-hydrogen) atoms. The summed E-state index contributed by atoms with van der Waals surface area (Å²) >= 11 is 0. The fourth-order valence-electron chi connectivity index (χ4n) is 5.09. The maximum atomic E-state index is 4.91. The van der Waals surface area contributed by atoms with Gasteiger partial charge in [-0.05, 0) is 62.3 Å². The Morgan fingerprint density at radius 1 is 0.933 bits per heavy atom. The van der Waals surface area contributed by atoms with E-state index in [0.29, 0.717) is 5.95 Å². The number of piperidine rings is 1. The van der Waals surface area contributed by atoms with Crippen molar-refractivity contribution in [2.45, 2.75) is 51.4 Å². The first-order valence-electron chi connectivity index (χ1n) is 11.8. The summed E-state index contributed by atoms with van der Waals surface area (Å²) in [6.07, 6.45) is 17.2. The highest BCUT2D eigenvalue weighted by atomic mass is 15.2. The van der Waals surface area contributed by atoms with Crippen LogP contribution in [0.4, 0.5) is 23.1 Å². The van der Waals surface area contributed by atoms with Crippen molar-refractivity contribution >= 4 is 29.2 Å². The lowest BCUT2D eigenvalue weighted by Gasteiger charge is -2.32. The minimum absolute atomic E-state index is 0.684. The van der Waals surface area contributed by atoms with Gasteiger partial charge in [-0.1, -0.05) is 31.4 Å². The molecule has 1 N–H and O–H groups in total. The van der Waals surface area contributed by atoms with Gasteiger partial charge in [-0.15, -0.1) is 0 Å². The molecule has 1 aromatic heterocycles. The second kappa shape index (κ2) is 9.07. The molecule has 0 spiro atoms. The minimum atomic E-state index is 0.684. The van der Waals surface area contributed by atoms with Gasteiger partial charge >= 0.3 is 0 Å². The molecule has 1 aliphatic carbocycles. The van der Waals surface area contributed by atoms with Crippen LogP contribution < -0.4 is 15.1 Å². The van der Waals surface area contributed by atoms with E-state index in [2.05, 4.69) is 56.5 Å². The molecule has 2 aromatic rings. The Balaban J connectivity index is 1.28. The number of rotatable bonds is 5. The van der Waals surface area contributed by atoms with Gasteiger partial charge in [0.1, 0.15) is 5.82 Å². The average Bonchev–Trinajstić information content (AvgIpc) is 2.81. The molecule has 0 atom stereocenters. The second-order valence-electron chi connectivity index (χ2n) is 9.00. The first-order chi connectivity index (χ1) is 14.8. The molecule has 158 valence electrons. The summed E-state index contributed by atoms with van der Waals surface area (Å²) in [5.74, 6) is 2.56. The molecule has 2 aliphatic heterocycles. The van der Waals surface area contributed by atoms with Gasteiger partial charge in [0.15, 0.2) is 0 Å². The van der Waals surface area contributed by atoms with E-state index in [9.17, 15) is 0 Å². The number of fused-ring (bicyclic) bond motifs is 1. The predicted molar refractivity (Wildman–Crippen MR) is 126 cm³/mol. The van der Waals surface area contributed by atoms with E-state index in [0.717, 1.165) is 36.1 Å². The molecule has 2 fully saturated rings. The minimum Gasteiger partial charge on any atom is -0.372 e. The van der Waals surface area contributed by atoms with Crippen LogP contribution in [0.3, 0.4) is 0 Å². The van der Waals surface area contributed by atoms with Gasteiger partial charge in [-0.2, -0.15) is 4.98 Å². The van der Waals surface area contributed by atoms with Gasteiger partial charge in [0, 0.05) is 49.3 Å². The number of nitrogens with zero attached hydrogens (tertiary/aromatic N) is 4. The van der Waals surface area contributed by atoms with Gasteiger partial charge in [-0.25, -0.2) is 4.98 Å². The zero-order valence-electron chi connectivity index (χ0n) is 17.9. The van der Waals surface area contributed by atoms with E-state index in [-0.39, 0.29) is 0 Å². The zero-order chi connectivity index (χ0) is 20.2. The van der Waals surface area contributed by atoms with Gasteiger partial charge in [0.25, 0.3) is 0 Å². The summed E-state index contributed by atoms with van der Waals surface area (Å²) in [5.41, 5.74) is 3.49. The van der Waals surface area contributed by atoms with E-state index < -0.39 is 0 Å². The third-order valence-electron chi connectivity index (χ3n) is 6.77. The summed E-state index contributed by atoms with van der Waals surface area (Å²) in [5, 5.41) is 3.42. The Morgan fingerprint density at radius 3 is 2.50 bits per heavy atom. The smallest absolute Gasteiger partial charge is 0.229 e. The van der Waals surface area contributed by atoms with Crippen molar-refractivity contribution in [2.24, 2.45) is 5.92 Å². The molecule has 5 rings (SSSR count). The Hall–Kier alpha value is -2.56. The van der Waals surface area contributed by atoms with E-state index in [1.165, 1.54) is 70.1 Å². The number of hydrogen-bond acceptors (Lipinski definition) is 5. The van der Waals surface area contributed by atoms with E-state index in [1.54, 1.807) is 0 Å². The maximum Gasteiger partial charge on any atom is 0.229 e. The highest BCUT2D eigenvalue weighted by Gasteiger charge is 2.22. The fraction of sp³-hybridized carbons (Fsp3) is 0.520. The number of nitrogens with one attached hydrogen (secondary N) is 1. The standard InChI is InChI=1S/C25H33N5/c1-3-8-20(9-4-1)19-30-17-7-10-21-18-26-25(28-24(21)30)27-22-11-13-23(14-12-22)29-15-5-2-6-16-29/h7,10-14,18,20H,1-6,8-9,15-17,19H2,(H,26,27,28). The third-order valence-corrected chi connectivity index (χ3v) is 6.77. The maximum absolute atomic E-state index is 4.91. The van der Waals surface area contributed by atoms with Crippen molar-refractivity contribution in [3.8, 4) is 0 Å². The topological polar surface area (TPSA) is 44.3 Å². The largest absolute Gasteiger partial charge is 0.372 e. The lowest BCUT2D eigenvalue weighted by atomic mass is 9.88. The SMILES string of the molecule is C1=Cc2cnc(Nc3ccc(N4CCCCC4)cc3)nc2N(CC2CCCCC2)C1. The van der Waals surface area contributed by atoms with Crippen LogP contribution in [0.2, 0.25) is 0 Å². The van der Waals surface area contributed by atoms with Crippen molar-refractivity contribution in [3.63, 3.8) is 0 Å². The molecule has 1 aromatic carbocycles. The Morgan fingerprint density at radius 2 is 1.70 bits per heavy atom. The Labute approximate surface area is 180 Å². The molecule has 1 saturated heterocycles. The number of benzene rings is 1. The van der Waals surface area contributed by atoms with Gasteiger partial charge < -0.3 is 15.1 Å². The molecule has 0 unspecified atom stereocenters. The summed E-state index contributed by atoms with van der Waals surface area (Å²) in [4.78, 5) is 14.4. The summed E-state index contributed by atoms with van der Waals surface area (Å²) in [6, 6.07) is 8.72. The molecule has 0 amide bonds. The van der Waals surface area contributed by atoms with Crippen LogP contribution in [0.5, 0.6) is 0 Å².